The molecular weight excluding hydrogens is 296 g/mol. The summed E-state index contributed by atoms with van der Waals surface area (Å²) < 4.78 is 1.18. The van der Waals surface area contributed by atoms with Gasteiger partial charge in [0.25, 0.3) is 0 Å². The van der Waals surface area contributed by atoms with Crippen LogP contribution in [-0.2, 0) is 0 Å². The maximum atomic E-state index is 6.24. The summed E-state index contributed by atoms with van der Waals surface area (Å²) in [5.74, 6) is 0.654. The second kappa shape index (κ2) is 6.21. The molecule has 2 heterocycles. The highest BCUT2D eigenvalue weighted by Crippen LogP contribution is 2.33. The zero-order chi connectivity index (χ0) is 9.97. The molecule has 0 amide bonds. The van der Waals surface area contributed by atoms with E-state index in [1.807, 2.05) is 0 Å². The van der Waals surface area contributed by atoms with Gasteiger partial charge in [-0.3, -0.25) is 0 Å². The molecule has 5 heteroatoms. The SMILES string of the molecule is Cl.N[C@@H](c1ccc(Br)s1)C1CCNCC1. The summed E-state index contributed by atoms with van der Waals surface area (Å²) in [7, 11) is 0. The normalized spacial score (nSPS) is 19.6. The summed E-state index contributed by atoms with van der Waals surface area (Å²) in [6.07, 6.45) is 2.41. The lowest BCUT2D eigenvalue weighted by molar-refractivity contribution is 0.325. The molecule has 2 rings (SSSR count). The Bertz CT molecular complexity index is 299. The summed E-state index contributed by atoms with van der Waals surface area (Å²) in [6.45, 7) is 2.23. The van der Waals surface area contributed by atoms with Gasteiger partial charge in [0.1, 0.15) is 0 Å². The Labute approximate surface area is 109 Å². The van der Waals surface area contributed by atoms with Crippen LogP contribution in [0.2, 0.25) is 0 Å². The molecular formula is C10H16BrClN2S. The van der Waals surface area contributed by atoms with Crippen LogP contribution in [0.4, 0.5) is 0 Å². The monoisotopic (exact) mass is 310 g/mol. The van der Waals surface area contributed by atoms with Crippen molar-refractivity contribution in [3.63, 3.8) is 0 Å². The third kappa shape index (κ3) is 3.43. The predicted molar refractivity (Wildman–Crippen MR) is 71.8 cm³/mol. The van der Waals surface area contributed by atoms with Crippen LogP contribution in [0.1, 0.15) is 23.8 Å². The van der Waals surface area contributed by atoms with Crippen molar-refractivity contribution in [1.29, 1.82) is 0 Å². The van der Waals surface area contributed by atoms with E-state index >= 15 is 0 Å². The van der Waals surface area contributed by atoms with E-state index in [0.717, 1.165) is 13.1 Å². The minimum absolute atomic E-state index is 0. The van der Waals surface area contributed by atoms with E-state index in [0.29, 0.717) is 5.92 Å². The molecule has 1 saturated heterocycles. The number of hydrogen-bond donors (Lipinski definition) is 2. The molecule has 15 heavy (non-hydrogen) atoms. The van der Waals surface area contributed by atoms with E-state index in [4.69, 9.17) is 5.73 Å². The van der Waals surface area contributed by atoms with Gasteiger partial charge in [-0.05, 0) is 59.9 Å². The fraction of sp³-hybridized carbons (Fsp3) is 0.600. The summed E-state index contributed by atoms with van der Waals surface area (Å²) >= 11 is 5.24. The van der Waals surface area contributed by atoms with Crippen molar-refractivity contribution in [2.24, 2.45) is 11.7 Å². The van der Waals surface area contributed by atoms with Gasteiger partial charge >= 0.3 is 0 Å². The number of hydrogen-bond acceptors (Lipinski definition) is 3. The summed E-state index contributed by atoms with van der Waals surface area (Å²) in [4.78, 5) is 1.31. The quantitative estimate of drug-likeness (QED) is 0.881. The van der Waals surface area contributed by atoms with Crippen LogP contribution in [0.5, 0.6) is 0 Å². The third-order valence-electron chi connectivity index (χ3n) is 2.81. The first-order chi connectivity index (χ1) is 6.77. The molecule has 2 nitrogen and oxygen atoms in total. The molecule has 86 valence electrons. The second-order valence-electron chi connectivity index (χ2n) is 3.76. The summed E-state index contributed by atoms with van der Waals surface area (Å²) in [6, 6.07) is 4.45. The summed E-state index contributed by atoms with van der Waals surface area (Å²) in [5, 5.41) is 3.36. The minimum Gasteiger partial charge on any atom is -0.323 e. The van der Waals surface area contributed by atoms with Gasteiger partial charge < -0.3 is 11.1 Å². The molecule has 0 saturated carbocycles. The van der Waals surface area contributed by atoms with Crippen molar-refractivity contribution in [3.05, 3.63) is 20.8 Å². The molecule has 1 aromatic heterocycles. The van der Waals surface area contributed by atoms with Gasteiger partial charge in [-0.2, -0.15) is 0 Å². The van der Waals surface area contributed by atoms with Crippen LogP contribution >= 0.6 is 39.7 Å². The van der Waals surface area contributed by atoms with E-state index in [-0.39, 0.29) is 18.4 Å². The van der Waals surface area contributed by atoms with E-state index in [1.165, 1.54) is 21.5 Å². The number of piperidine rings is 1. The highest BCUT2D eigenvalue weighted by molar-refractivity contribution is 9.11. The molecule has 1 atom stereocenters. The second-order valence-corrected chi connectivity index (χ2v) is 6.25. The highest BCUT2D eigenvalue weighted by Gasteiger charge is 2.22. The van der Waals surface area contributed by atoms with Crippen molar-refractivity contribution >= 4 is 39.7 Å². The van der Waals surface area contributed by atoms with E-state index in [9.17, 15) is 0 Å². The molecule has 0 unspecified atom stereocenters. The van der Waals surface area contributed by atoms with Gasteiger partial charge in [0.15, 0.2) is 0 Å². The van der Waals surface area contributed by atoms with Crippen molar-refractivity contribution in [3.8, 4) is 0 Å². The number of nitrogens with two attached hydrogens (primary N) is 1. The molecule has 3 N–H and O–H groups in total. The Balaban J connectivity index is 0.00000112. The summed E-state index contributed by atoms with van der Waals surface area (Å²) in [5.41, 5.74) is 6.24. The average molecular weight is 312 g/mol. The van der Waals surface area contributed by atoms with Gasteiger partial charge in [-0.25, -0.2) is 0 Å². The Kier molecular flexibility index (Phi) is 5.57. The van der Waals surface area contributed by atoms with E-state index in [2.05, 4.69) is 33.4 Å². The maximum absolute atomic E-state index is 6.24. The van der Waals surface area contributed by atoms with Crippen molar-refractivity contribution < 1.29 is 0 Å². The number of rotatable bonds is 2. The molecule has 0 bridgehead atoms. The van der Waals surface area contributed by atoms with Crippen LogP contribution in [0.25, 0.3) is 0 Å². The van der Waals surface area contributed by atoms with Crippen LogP contribution in [-0.4, -0.2) is 13.1 Å². The first kappa shape index (κ1) is 13.5. The fourth-order valence-electron chi connectivity index (χ4n) is 1.94. The molecule has 1 aliphatic heterocycles. The van der Waals surface area contributed by atoms with Crippen molar-refractivity contribution in [1.82, 2.24) is 5.32 Å². The van der Waals surface area contributed by atoms with E-state index in [1.54, 1.807) is 11.3 Å². The van der Waals surface area contributed by atoms with Gasteiger partial charge in [0.05, 0.1) is 3.79 Å². The molecule has 1 fully saturated rings. The fourth-order valence-corrected chi connectivity index (χ4v) is 3.46. The number of thiophene rings is 1. The van der Waals surface area contributed by atoms with Crippen LogP contribution in [0.15, 0.2) is 15.9 Å². The third-order valence-corrected chi connectivity index (χ3v) is 4.54. The van der Waals surface area contributed by atoms with Gasteiger partial charge in [0.2, 0.25) is 0 Å². The molecule has 0 aromatic carbocycles. The molecule has 1 aliphatic rings. The Hall–Kier alpha value is 0.390. The van der Waals surface area contributed by atoms with Crippen molar-refractivity contribution in [2.75, 3.05) is 13.1 Å². The van der Waals surface area contributed by atoms with Crippen LogP contribution in [0, 0.1) is 5.92 Å². The first-order valence-corrected chi connectivity index (χ1v) is 6.60. The zero-order valence-electron chi connectivity index (χ0n) is 8.41. The minimum atomic E-state index is 0. The topological polar surface area (TPSA) is 38.0 Å². The molecule has 0 spiro atoms. The molecule has 1 aromatic rings. The Morgan fingerprint density at radius 2 is 2.07 bits per heavy atom. The lowest BCUT2D eigenvalue weighted by atomic mass is 9.90. The van der Waals surface area contributed by atoms with Gasteiger partial charge in [-0.15, -0.1) is 23.7 Å². The first-order valence-electron chi connectivity index (χ1n) is 4.99. The molecule has 0 aliphatic carbocycles. The standard InChI is InChI=1S/C10H15BrN2S.ClH/c11-9-2-1-8(14-9)10(12)7-3-5-13-6-4-7;/h1-2,7,10,13H,3-6,12H2;1H/t10-;/m1./s1. The lowest BCUT2D eigenvalue weighted by Crippen LogP contribution is -2.33. The van der Waals surface area contributed by atoms with Crippen LogP contribution < -0.4 is 11.1 Å². The van der Waals surface area contributed by atoms with Gasteiger partial charge in [0, 0.05) is 10.9 Å². The highest BCUT2D eigenvalue weighted by atomic mass is 79.9. The number of halogens is 2. The maximum Gasteiger partial charge on any atom is 0.0701 e. The predicted octanol–water partition coefficient (Wildman–Crippen LogP) is 2.93. The van der Waals surface area contributed by atoms with Crippen molar-refractivity contribution in [2.45, 2.75) is 18.9 Å². The molecule has 0 radical (unpaired) electrons. The Morgan fingerprint density at radius 1 is 1.40 bits per heavy atom. The largest absolute Gasteiger partial charge is 0.323 e. The zero-order valence-corrected chi connectivity index (χ0v) is 11.6. The Morgan fingerprint density at radius 3 is 2.60 bits per heavy atom. The average Bonchev–Trinajstić information content (AvgIpc) is 2.65. The number of nitrogens with one attached hydrogen (secondary N) is 1. The smallest absolute Gasteiger partial charge is 0.0701 e. The van der Waals surface area contributed by atoms with Gasteiger partial charge in [-0.1, -0.05) is 0 Å². The van der Waals surface area contributed by atoms with Crippen LogP contribution in [0.3, 0.4) is 0 Å². The van der Waals surface area contributed by atoms with E-state index < -0.39 is 0 Å². The lowest BCUT2D eigenvalue weighted by Gasteiger charge is -2.27.